The summed E-state index contributed by atoms with van der Waals surface area (Å²) in [6, 6.07) is 0. The second kappa shape index (κ2) is 5.37. The Balaban J connectivity index is 2.35. The van der Waals surface area contributed by atoms with Crippen LogP contribution in [0.15, 0.2) is 15.8 Å². The molecule has 0 aliphatic carbocycles. The van der Waals surface area contributed by atoms with Crippen molar-refractivity contribution >= 4 is 22.4 Å². The highest BCUT2D eigenvalue weighted by Crippen LogP contribution is 2.15. The Labute approximate surface area is 117 Å². The highest BCUT2D eigenvalue weighted by molar-refractivity contribution is 7.15. The monoisotopic (exact) mass is 295 g/mol. The average Bonchev–Trinajstić information content (AvgIpc) is 2.88. The molecule has 9 heteroatoms. The van der Waals surface area contributed by atoms with Crippen LogP contribution >= 0.6 is 11.3 Å². The van der Waals surface area contributed by atoms with Gasteiger partial charge >= 0.3 is 5.69 Å². The molecule has 0 atom stereocenters. The number of aryl methyl sites for hydroxylation is 2. The van der Waals surface area contributed by atoms with Crippen LogP contribution in [-0.4, -0.2) is 25.2 Å². The first-order valence-corrected chi connectivity index (χ1v) is 6.66. The van der Waals surface area contributed by atoms with Gasteiger partial charge in [-0.1, -0.05) is 18.3 Å². The first kappa shape index (κ1) is 14.1. The van der Waals surface area contributed by atoms with Gasteiger partial charge in [-0.25, -0.2) is 4.79 Å². The van der Waals surface area contributed by atoms with Crippen LogP contribution in [0.5, 0.6) is 0 Å². The summed E-state index contributed by atoms with van der Waals surface area (Å²) >= 11 is 1.24. The van der Waals surface area contributed by atoms with Gasteiger partial charge in [-0.05, 0) is 6.42 Å². The number of hydrogen-bond acceptors (Lipinski definition) is 6. The lowest BCUT2D eigenvalue weighted by Gasteiger charge is -2.05. The summed E-state index contributed by atoms with van der Waals surface area (Å²) < 4.78 is 2.06. The van der Waals surface area contributed by atoms with Gasteiger partial charge in [0.2, 0.25) is 5.13 Å². The van der Waals surface area contributed by atoms with E-state index >= 15 is 0 Å². The second-order valence-corrected chi connectivity index (χ2v) is 5.17. The van der Waals surface area contributed by atoms with Crippen LogP contribution in [-0.2, 0) is 20.5 Å². The third-order valence-corrected chi connectivity index (χ3v) is 3.66. The molecule has 8 nitrogen and oxygen atoms in total. The van der Waals surface area contributed by atoms with Gasteiger partial charge in [0.15, 0.2) is 0 Å². The molecular weight excluding hydrogens is 282 g/mol. The molecule has 2 heterocycles. The van der Waals surface area contributed by atoms with Crippen molar-refractivity contribution in [1.29, 1.82) is 0 Å². The van der Waals surface area contributed by atoms with Gasteiger partial charge in [0, 0.05) is 20.3 Å². The predicted molar refractivity (Wildman–Crippen MR) is 74.2 cm³/mol. The molecule has 2 aromatic heterocycles. The smallest absolute Gasteiger partial charge is 0.303 e. The van der Waals surface area contributed by atoms with E-state index in [-0.39, 0.29) is 5.56 Å². The van der Waals surface area contributed by atoms with E-state index in [1.807, 2.05) is 6.92 Å². The Bertz CT molecular complexity index is 773. The SMILES string of the molecule is CCc1nnc(NC(=O)c2cn(C)c(=O)n(C)c2=O)s1. The molecule has 0 aliphatic rings. The fourth-order valence-corrected chi connectivity index (χ4v) is 2.25. The Morgan fingerprint density at radius 1 is 1.35 bits per heavy atom. The summed E-state index contributed by atoms with van der Waals surface area (Å²) in [6.07, 6.45) is 1.93. The molecule has 106 valence electrons. The summed E-state index contributed by atoms with van der Waals surface area (Å²) in [5, 5.41) is 11.3. The summed E-state index contributed by atoms with van der Waals surface area (Å²) in [5.41, 5.74) is -1.26. The minimum absolute atomic E-state index is 0.122. The van der Waals surface area contributed by atoms with Crippen LogP contribution in [0.4, 0.5) is 5.13 Å². The molecule has 20 heavy (non-hydrogen) atoms. The van der Waals surface area contributed by atoms with Gasteiger partial charge in [0.25, 0.3) is 11.5 Å². The Morgan fingerprint density at radius 3 is 2.65 bits per heavy atom. The fraction of sp³-hybridized carbons (Fsp3) is 0.364. The summed E-state index contributed by atoms with van der Waals surface area (Å²) in [7, 11) is 2.79. The van der Waals surface area contributed by atoms with E-state index in [1.54, 1.807) is 0 Å². The van der Waals surface area contributed by atoms with Crippen molar-refractivity contribution in [2.45, 2.75) is 13.3 Å². The molecule has 0 aliphatic heterocycles. The Hall–Kier alpha value is -2.29. The number of rotatable bonds is 3. The molecular formula is C11H13N5O3S. The highest BCUT2D eigenvalue weighted by Gasteiger charge is 2.16. The zero-order valence-corrected chi connectivity index (χ0v) is 12.0. The minimum atomic E-state index is -0.647. The Morgan fingerprint density at radius 2 is 2.05 bits per heavy atom. The lowest BCUT2D eigenvalue weighted by molar-refractivity contribution is 0.102. The van der Waals surface area contributed by atoms with Crippen molar-refractivity contribution in [3.8, 4) is 0 Å². The van der Waals surface area contributed by atoms with E-state index in [9.17, 15) is 14.4 Å². The van der Waals surface area contributed by atoms with Crippen molar-refractivity contribution < 1.29 is 4.79 Å². The maximum absolute atomic E-state index is 12.0. The standard InChI is InChI=1S/C11H13N5O3S/c1-4-7-13-14-10(20-7)12-8(17)6-5-15(2)11(19)16(3)9(6)18/h5H,4H2,1-3H3,(H,12,14,17). The quantitative estimate of drug-likeness (QED) is 0.842. The molecule has 0 aromatic carbocycles. The number of anilines is 1. The van der Waals surface area contributed by atoms with Gasteiger partial charge in [-0.3, -0.25) is 19.5 Å². The summed E-state index contributed by atoms with van der Waals surface area (Å²) in [5.74, 6) is -0.611. The number of hydrogen-bond donors (Lipinski definition) is 1. The van der Waals surface area contributed by atoms with Crippen LogP contribution in [0, 0.1) is 0 Å². The van der Waals surface area contributed by atoms with Crippen LogP contribution in [0.1, 0.15) is 22.3 Å². The van der Waals surface area contributed by atoms with Crippen molar-refractivity contribution in [2.75, 3.05) is 5.32 Å². The minimum Gasteiger partial charge on any atom is -0.303 e. The maximum atomic E-state index is 12.0. The van der Waals surface area contributed by atoms with Gasteiger partial charge in [0.05, 0.1) is 0 Å². The molecule has 0 radical (unpaired) electrons. The van der Waals surface area contributed by atoms with Crippen molar-refractivity contribution in [2.24, 2.45) is 14.1 Å². The van der Waals surface area contributed by atoms with E-state index < -0.39 is 17.2 Å². The van der Waals surface area contributed by atoms with E-state index in [0.29, 0.717) is 5.13 Å². The molecule has 2 rings (SSSR count). The zero-order valence-electron chi connectivity index (χ0n) is 11.2. The summed E-state index contributed by atoms with van der Waals surface area (Å²) in [6.45, 7) is 1.93. The summed E-state index contributed by atoms with van der Waals surface area (Å²) in [4.78, 5) is 35.5. The van der Waals surface area contributed by atoms with Gasteiger partial charge in [-0.2, -0.15) is 0 Å². The molecule has 0 spiro atoms. The first-order valence-electron chi connectivity index (χ1n) is 5.84. The molecule has 0 bridgehead atoms. The van der Waals surface area contributed by atoms with Crippen LogP contribution < -0.4 is 16.6 Å². The van der Waals surface area contributed by atoms with E-state index in [1.165, 1.54) is 36.2 Å². The van der Waals surface area contributed by atoms with E-state index in [2.05, 4.69) is 15.5 Å². The van der Waals surface area contributed by atoms with Crippen LogP contribution in [0.25, 0.3) is 0 Å². The van der Waals surface area contributed by atoms with Gasteiger partial charge < -0.3 is 4.57 Å². The van der Waals surface area contributed by atoms with Crippen LogP contribution in [0.3, 0.4) is 0 Å². The number of aromatic nitrogens is 4. The molecule has 0 fully saturated rings. The van der Waals surface area contributed by atoms with Crippen LogP contribution in [0.2, 0.25) is 0 Å². The molecule has 1 N–H and O–H groups in total. The topological polar surface area (TPSA) is 98.9 Å². The van der Waals surface area contributed by atoms with Crippen molar-refractivity contribution in [3.63, 3.8) is 0 Å². The largest absolute Gasteiger partial charge is 0.330 e. The predicted octanol–water partition coefficient (Wildman–Crippen LogP) is -0.250. The number of amides is 1. The fourth-order valence-electron chi connectivity index (χ4n) is 1.58. The number of carbonyl (C=O) groups excluding carboxylic acids is 1. The average molecular weight is 295 g/mol. The molecule has 0 saturated carbocycles. The number of nitrogens with one attached hydrogen (secondary N) is 1. The third-order valence-electron chi connectivity index (χ3n) is 2.68. The van der Waals surface area contributed by atoms with Gasteiger partial charge in [-0.15, -0.1) is 10.2 Å². The lowest BCUT2D eigenvalue weighted by atomic mass is 10.3. The molecule has 0 saturated heterocycles. The maximum Gasteiger partial charge on any atom is 0.330 e. The molecule has 2 aromatic rings. The molecule has 1 amide bonds. The first-order chi connectivity index (χ1) is 9.43. The van der Waals surface area contributed by atoms with Crippen molar-refractivity contribution in [3.05, 3.63) is 37.6 Å². The highest BCUT2D eigenvalue weighted by atomic mass is 32.1. The second-order valence-electron chi connectivity index (χ2n) is 4.11. The van der Waals surface area contributed by atoms with E-state index in [0.717, 1.165) is 16.0 Å². The molecule has 0 unspecified atom stereocenters. The number of nitrogens with zero attached hydrogens (tertiary/aromatic N) is 4. The Kier molecular flexibility index (Phi) is 3.79. The normalized spacial score (nSPS) is 10.6. The lowest BCUT2D eigenvalue weighted by Crippen LogP contribution is -2.40. The number of carbonyl (C=O) groups is 1. The van der Waals surface area contributed by atoms with Crippen molar-refractivity contribution in [1.82, 2.24) is 19.3 Å². The van der Waals surface area contributed by atoms with Gasteiger partial charge in [0.1, 0.15) is 10.6 Å². The third kappa shape index (κ3) is 2.52. The van der Waals surface area contributed by atoms with E-state index in [4.69, 9.17) is 0 Å². The zero-order chi connectivity index (χ0) is 14.9.